The zero-order valence-electron chi connectivity index (χ0n) is 15.6. The summed E-state index contributed by atoms with van der Waals surface area (Å²) in [5.41, 5.74) is 1.59. The van der Waals surface area contributed by atoms with Crippen molar-refractivity contribution in [1.29, 1.82) is 5.26 Å². The molecule has 2 amide bonds. The van der Waals surface area contributed by atoms with Gasteiger partial charge in [-0.1, -0.05) is 24.3 Å². The number of morpholine rings is 1. The Hall–Kier alpha value is -2.39. The van der Waals surface area contributed by atoms with Crippen LogP contribution in [0.1, 0.15) is 36.9 Å². The molecule has 2 fully saturated rings. The van der Waals surface area contributed by atoms with E-state index in [0.29, 0.717) is 25.9 Å². The minimum Gasteiger partial charge on any atom is -0.356 e. The van der Waals surface area contributed by atoms with Crippen molar-refractivity contribution in [3.8, 4) is 6.07 Å². The molecule has 6 nitrogen and oxygen atoms in total. The molecular weight excluding hydrogens is 330 g/mol. The zero-order chi connectivity index (χ0) is 18.9. The van der Waals surface area contributed by atoms with Crippen molar-refractivity contribution in [1.82, 2.24) is 9.80 Å². The van der Waals surface area contributed by atoms with Crippen molar-refractivity contribution < 1.29 is 14.3 Å². The quantitative estimate of drug-likeness (QED) is 0.814. The van der Waals surface area contributed by atoms with Crippen molar-refractivity contribution in [2.45, 2.75) is 38.8 Å². The highest BCUT2D eigenvalue weighted by Crippen LogP contribution is 2.34. The number of amides is 2. The van der Waals surface area contributed by atoms with E-state index in [2.05, 4.69) is 6.07 Å². The lowest BCUT2D eigenvalue weighted by atomic mass is 9.81. The second kappa shape index (κ2) is 7.08. The molecule has 0 aliphatic carbocycles. The largest absolute Gasteiger partial charge is 0.356 e. The van der Waals surface area contributed by atoms with Crippen LogP contribution in [0, 0.1) is 23.7 Å². The van der Waals surface area contributed by atoms with Gasteiger partial charge in [0.05, 0.1) is 17.5 Å². The molecule has 1 aromatic carbocycles. The molecule has 6 heteroatoms. The van der Waals surface area contributed by atoms with Gasteiger partial charge in [0.1, 0.15) is 6.61 Å². The van der Waals surface area contributed by atoms with Crippen molar-refractivity contribution in [2.24, 2.45) is 5.41 Å². The van der Waals surface area contributed by atoms with Gasteiger partial charge in [-0.3, -0.25) is 9.59 Å². The Kier molecular flexibility index (Phi) is 5.01. The van der Waals surface area contributed by atoms with Gasteiger partial charge >= 0.3 is 0 Å². The first-order chi connectivity index (χ1) is 12.4. The molecule has 138 valence electrons. The summed E-state index contributed by atoms with van der Waals surface area (Å²) in [6.45, 7) is 4.92. The highest BCUT2D eigenvalue weighted by Gasteiger charge is 2.43. The van der Waals surface area contributed by atoms with Gasteiger partial charge in [0.2, 0.25) is 5.91 Å². The monoisotopic (exact) mass is 355 g/mol. The van der Waals surface area contributed by atoms with Gasteiger partial charge in [-0.25, -0.2) is 0 Å². The number of ether oxygens (including phenoxy) is 1. The molecule has 2 saturated heterocycles. The van der Waals surface area contributed by atoms with Crippen molar-refractivity contribution in [3.05, 3.63) is 35.4 Å². The molecule has 3 rings (SSSR count). The maximum Gasteiger partial charge on any atom is 0.254 e. The smallest absolute Gasteiger partial charge is 0.254 e. The van der Waals surface area contributed by atoms with E-state index in [1.807, 2.05) is 38.1 Å². The summed E-state index contributed by atoms with van der Waals surface area (Å²) in [7, 11) is 1.73. The number of aryl methyl sites for hydroxylation is 1. The molecule has 2 heterocycles. The highest BCUT2D eigenvalue weighted by molar-refractivity contribution is 5.86. The number of likely N-dealkylation sites (N-methyl/N-ethyl adjacent to an activating group) is 1. The first kappa shape index (κ1) is 18.4. The Labute approximate surface area is 154 Å². The number of benzene rings is 1. The number of rotatable bonds is 2. The average Bonchev–Trinajstić information content (AvgIpc) is 2.65. The summed E-state index contributed by atoms with van der Waals surface area (Å²) < 4.78 is 5.73. The molecule has 2 aliphatic heterocycles. The van der Waals surface area contributed by atoms with Crippen LogP contribution < -0.4 is 0 Å². The summed E-state index contributed by atoms with van der Waals surface area (Å²) in [6, 6.07) is 9.69. The van der Waals surface area contributed by atoms with Gasteiger partial charge in [0, 0.05) is 20.1 Å². The van der Waals surface area contributed by atoms with Crippen molar-refractivity contribution >= 4 is 11.8 Å². The van der Waals surface area contributed by atoms with Gasteiger partial charge in [-0.05, 0) is 37.8 Å². The summed E-state index contributed by atoms with van der Waals surface area (Å²) in [4.78, 5) is 28.8. The first-order valence-electron chi connectivity index (χ1n) is 8.99. The molecule has 2 atom stereocenters. The fraction of sp³-hybridized carbons (Fsp3) is 0.550. The normalized spacial score (nSPS) is 25.7. The lowest BCUT2D eigenvalue weighted by molar-refractivity contribution is -0.168. The maximum absolute atomic E-state index is 13.2. The van der Waals surface area contributed by atoms with Gasteiger partial charge in [0.15, 0.2) is 6.10 Å². The van der Waals surface area contributed by atoms with Gasteiger partial charge in [0.25, 0.3) is 5.91 Å². The average molecular weight is 355 g/mol. The van der Waals surface area contributed by atoms with Crippen LogP contribution in [0.5, 0.6) is 0 Å². The number of nitrogens with zero attached hydrogens (tertiary/aromatic N) is 3. The van der Waals surface area contributed by atoms with Gasteiger partial charge in [-0.2, -0.15) is 5.26 Å². The van der Waals surface area contributed by atoms with Crippen LogP contribution in [0.4, 0.5) is 0 Å². The second-order valence-corrected chi connectivity index (χ2v) is 7.54. The topological polar surface area (TPSA) is 73.6 Å². The van der Waals surface area contributed by atoms with E-state index in [0.717, 1.165) is 11.1 Å². The molecule has 0 radical (unpaired) electrons. The molecule has 0 N–H and O–H groups in total. The van der Waals surface area contributed by atoms with Gasteiger partial charge in [-0.15, -0.1) is 0 Å². The zero-order valence-corrected chi connectivity index (χ0v) is 15.6. The van der Waals surface area contributed by atoms with E-state index in [9.17, 15) is 14.9 Å². The molecule has 2 aliphatic rings. The summed E-state index contributed by atoms with van der Waals surface area (Å²) >= 11 is 0. The van der Waals surface area contributed by atoms with E-state index >= 15 is 0 Å². The second-order valence-electron chi connectivity index (χ2n) is 7.54. The summed E-state index contributed by atoms with van der Waals surface area (Å²) in [6.07, 6.45) is 0.600. The van der Waals surface area contributed by atoms with Crippen LogP contribution in [0.15, 0.2) is 24.3 Å². The number of carbonyl (C=O) groups excluding carboxylic acids is 2. The summed E-state index contributed by atoms with van der Waals surface area (Å²) in [5, 5.41) is 9.29. The predicted octanol–water partition coefficient (Wildman–Crippen LogP) is 2.05. The van der Waals surface area contributed by atoms with Crippen LogP contribution in [-0.2, 0) is 14.3 Å². The lowest BCUT2D eigenvalue weighted by Gasteiger charge is -2.42. The molecule has 0 aromatic heterocycles. The Morgan fingerprint density at radius 1 is 1.31 bits per heavy atom. The molecule has 1 aromatic rings. The van der Waals surface area contributed by atoms with Crippen LogP contribution >= 0.6 is 0 Å². The maximum atomic E-state index is 13.2. The van der Waals surface area contributed by atoms with Crippen molar-refractivity contribution in [3.63, 3.8) is 0 Å². The third-order valence-corrected chi connectivity index (χ3v) is 5.68. The van der Waals surface area contributed by atoms with E-state index in [1.54, 1.807) is 16.8 Å². The highest BCUT2D eigenvalue weighted by atomic mass is 16.5. The standard InChI is InChI=1S/C20H25N3O3/c1-14-6-4-5-7-15(14)17-18(26-12-16(24)22(17)3)19(25)23-10-8-20(2,13-21)9-11-23/h4-7,17-18H,8-12H2,1-3H3. The molecule has 26 heavy (non-hydrogen) atoms. The number of nitriles is 1. The Balaban J connectivity index is 1.85. The van der Waals surface area contributed by atoms with E-state index in [1.165, 1.54) is 0 Å². The minimum absolute atomic E-state index is 0.0843. The summed E-state index contributed by atoms with van der Waals surface area (Å²) in [5.74, 6) is -0.226. The number of carbonyl (C=O) groups is 2. The number of likely N-dealkylation sites (tertiary alicyclic amines) is 1. The fourth-order valence-electron chi connectivity index (χ4n) is 3.72. The molecule has 0 bridgehead atoms. The van der Waals surface area contributed by atoms with Crippen molar-refractivity contribution in [2.75, 3.05) is 26.7 Å². The fourth-order valence-corrected chi connectivity index (χ4v) is 3.72. The van der Waals surface area contributed by atoms with Crippen LogP contribution in [0.25, 0.3) is 0 Å². The van der Waals surface area contributed by atoms with Crippen LogP contribution in [-0.4, -0.2) is 54.5 Å². The molecule has 0 saturated carbocycles. The van der Waals surface area contributed by atoms with E-state index < -0.39 is 12.1 Å². The number of piperidine rings is 1. The molecule has 0 spiro atoms. The molecular formula is C20H25N3O3. The Bertz CT molecular complexity index is 747. The van der Waals surface area contributed by atoms with Gasteiger partial charge < -0.3 is 14.5 Å². The lowest BCUT2D eigenvalue weighted by Crippen LogP contribution is -2.55. The first-order valence-corrected chi connectivity index (χ1v) is 8.99. The predicted molar refractivity (Wildman–Crippen MR) is 96.0 cm³/mol. The number of hydrogen-bond acceptors (Lipinski definition) is 4. The SMILES string of the molecule is Cc1ccccc1C1C(C(=O)N2CCC(C)(C#N)CC2)OCC(=O)N1C. The Morgan fingerprint density at radius 3 is 2.58 bits per heavy atom. The molecule has 2 unspecified atom stereocenters. The third kappa shape index (κ3) is 3.32. The van der Waals surface area contributed by atoms with E-state index in [4.69, 9.17) is 4.74 Å². The van der Waals surface area contributed by atoms with Crippen LogP contribution in [0.3, 0.4) is 0 Å². The van der Waals surface area contributed by atoms with Crippen LogP contribution in [0.2, 0.25) is 0 Å². The van der Waals surface area contributed by atoms with E-state index in [-0.39, 0.29) is 23.8 Å². The third-order valence-electron chi connectivity index (χ3n) is 5.68. The Morgan fingerprint density at radius 2 is 1.96 bits per heavy atom. The minimum atomic E-state index is -0.717. The number of hydrogen-bond donors (Lipinski definition) is 0.